The summed E-state index contributed by atoms with van der Waals surface area (Å²) in [5, 5.41) is 14.7. The van der Waals surface area contributed by atoms with Gasteiger partial charge in [0.1, 0.15) is 0 Å². The fraction of sp³-hybridized carbons (Fsp3) is 0.188. The number of benzene rings is 1. The minimum absolute atomic E-state index is 0.318. The van der Waals surface area contributed by atoms with Crippen molar-refractivity contribution in [3.8, 4) is 0 Å². The maximum absolute atomic E-state index is 11.9. The maximum Gasteiger partial charge on any atom is 0.323 e. The SMILES string of the molecule is C=CCNC(=O)Nc1ccc(NC(=O)Nc2cnn(CC)c2)cc1. The Morgan fingerprint density at radius 3 is 2.21 bits per heavy atom. The van der Waals surface area contributed by atoms with Crippen molar-refractivity contribution in [2.75, 3.05) is 22.5 Å². The van der Waals surface area contributed by atoms with Gasteiger partial charge in [-0.3, -0.25) is 4.68 Å². The lowest BCUT2D eigenvalue weighted by molar-refractivity contribution is 0.253. The summed E-state index contributed by atoms with van der Waals surface area (Å²) >= 11 is 0. The third-order valence-corrected chi connectivity index (χ3v) is 3.02. The number of urea groups is 2. The van der Waals surface area contributed by atoms with Gasteiger partial charge in [0.05, 0.1) is 11.9 Å². The smallest absolute Gasteiger partial charge is 0.323 e. The van der Waals surface area contributed by atoms with Crippen LogP contribution in [0.4, 0.5) is 26.7 Å². The summed E-state index contributed by atoms with van der Waals surface area (Å²) in [5.41, 5.74) is 1.84. The lowest BCUT2D eigenvalue weighted by Gasteiger charge is -2.08. The molecule has 1 heterocycles. The van der Waals surface area contributed by atoms with Crippen LogP contribution in [0.3, 0.4) is 0 Å². The van der Waals surface area contributed by atoms with E-state index in [1.807, 2.05) is 6.92 Å². The Balaban J connectivity index is 1.85. The Hall–Kier alpha value is -3.29. The number of aromatic nitrogens is 2. The molecular weight excluding hydrogens is 308 g/mol. The molecule has 4 amide bonds. The van der Waals surface area contributed by atoms with Gasteiger partial charge in [0.2, 0.25) is 0 Å². The number of anilines is 3. The summed E-state index contributed by atoms with van der Waals surface area (Å²) in [6.45, 7) is 6.61. The van der Waals surface area contributed by atoms with Crippen molar-refractivity contribution in [2.45, 2.75) is 13.5 Å². The van der Waals surface area contributed by atoms with E-state index in [1.165, 1.54) is 0 Å². The molecule has 0 bridgehead atoms. The molecule has 0 aliphatic carbocycles. The average Bonchev–Trinajstić information content (AvgIpc) is 3.02. The molecule has 24 heavy (non-hydrogen) atoms. The lowest BCUT2D eigenvalue weighted by atomic mass is 10.3. The monoisotopic (exact) mass is 328 g/mol. The molecule has 0 unspecified atom stereocenters. The molecule has 0 saturated carbocycles. The highest BCUT2D eigenvalue weighted by atomic mass is 16.2. The summed E-state index contributed by atoms with van der Waals surface area (Å²) < 4.78 is 1.72. The zero-order valence-corrected chi connectivity index (χ0v) is 13.4. The molecule has 0 fully saturated rings. The number of hydrogen-bond donors (Lipinski definition) is 4. The van der Waals surface area contributed by atoms with E-state index in [9.17, 15) is 9.59 Å². The largest absolute Gasteiger partial charge is 0.334 e. The number of rotatable bonds is 6. The molecule has 8 heteroatoms. The number of nitrogens with one attached hydrogen (secondary N) is 4. The van der Waals surface area contributed by atoms with E-state index >= 15 is 0 Å². The van der Waals surface area contributed by atoms with Gasteiger partial charge < -0.3 is 21.3 Å². The van der Waals surface area contributed by atoms with Gasteiger partial charge in [0, 0.05) is 30.7 Å². The predicted octanol–water partition coefficient (Wildman–Crippen LogP) is 2.85. The van der Waals surface area contributed by atoms with E-state index in [0.29, 0.717) is 23.6 Å². The number of carbonyl (C=O) groups is 2. The van der Waals surface area contributed by atoms with Gasteiger partial charge in [0.15, 0.2) is 0 Å². The van der Waals surface area contributed by atoms with Gasteiger partial charge in [0.25, 0.3) is 0 Å². The number of hydrogen-bond acceptors (Lipinski definition) is 3. The summed E-state index contributed by atoms with van der Waals surface area (Å²) in [5.74, 6) is 0. The number of nitrogens with zero attached hydrogens (tertiary/aromatic N) is 2. The normalized spacial score (nSPS) is 9.88. The Bertz CT molecular complexity index is 708. The minimum Gasteiger partial charge on any atom is -0.334 e. The molecule has 0 atom stereocenters. The third-order valence-electron chi connectivity index (χ3n) is 3.02. The molecule has 8 nitrogen and oxygen atoms in total. The molecule has 0 aliphatic rings. The summed E-state index contributed by atoms with van der Waals surface area (Å²) in [6, 6.07) is 6.09. The average molecular weight is 328 g/mol. The summed E-state index contributed by atoms with van der Waals surface area (Å²) in [7, 11) is 0. The van der Waals surface area contributed by atoms with Crippen LogP contribution in [0.25, 0.3) is 0 Å². The Morgan fingerprint density at radius 2 is 1.67 bits per heavy atom. The van der Waals surface area contributed by atoms with Gasteiger partial charge in [-0.2, -0.15) is 5.10 Å². The Kier molecular flexibility index (Phi) is 5.95. The molecule has 0 spiro atoms. The van der Waals surface area contributed by atoms with Crippen LogP contribution in [-0.2, 0) is 6.54 Å². The fourth-order valence-electron chi connectivity index (χ4n) is 1.87. The van der Waals surface area contributed by atoms with Gasteiger partial charge in [-0.1, -0.05) is 6.08 Å². The molecule has 2 rings (SSSR count). The summed E-state index contributed by atoms with van der Waals surface area (Å²) in [6.07, 6.45) is 4.92. The van der Waals surface area contributed by atoms with Crippen LogP contribution in [-0.4, -0.2) is 28.4 Å². The lowest BCUT2D eigenvalue weighted by Crippen LogP contribution is -2.28. The first-order valence-corrected chi connectivity index (χ1v) is 7.47. The zero-order valence-electron chi connectivity index (χ0n) is 13.4. The van der Waals surface area contributed by atoms with Crippen LogP contribution >= 0.6 is 0 Å². The Morgan fingerprint density at radius 1 is 1.08 bits per heavy atom. The van der Waals surface area contributed by atoms with Crippen LogP contribution in [0, 0.1) is 0 Å². The molecule has 2 aromatic rings. The van der Waals surface area contributed by atoms with Gasteiger partial charge in [-0.05, 0) is 31.2 Å². The van der Waals surface area contributed by atoms with E-state index in [0.717, 1.165) is 6.54 Å². The van der Waals surface area contributed by atoms with E-state index in [2.05, 4.69) is 32.9 Å². The van der Waals surface area contributed by atoms with Gasteiger partial charge >= 0.3 is 12.1 Å². The molecule has 1 aromatic heterocycles. The topological polar surface area (TPSA) is 100 Å². The summed E-state index contributed by atoms with van der Waals surface area (Å²) in [4.78, 5) is 23.4. The van der Waals surface area contributed by atoms with Crippen molar-refractivity contribution in [3.05, 3.63) is 49.3 Å². The number of aryl methyl sites for hydroxylation is 1. The third kappa shape index (κ3) is 5.16. The van der Waals surface area contributed by atoms with Crippen molar-refractivity contribution in [1.29, 1.82) is 0 Å². The second kappa shape index (κ2) is 8.37. The van der Waals surface area contributed by atoms with Crippen molar-refractivity contribution >= 4 is 29.1 Å². The van der Waals surface area contributed by atoms with Crippen LogP contribution < -0.4 is 21.3 Å². The van der Waals surface area contributed by atoms with Crippen LogP contribution in [0.5, 0.6) is 0 Å². The highest BCUT2D eigenvalue weighted by molar-refractivity contribution is 5.99. The second-order valence-corrected chi connectivity index (χ2v) is 4.86. The molecule has 0 aliphatic heterocycles. The number of carbonyl (C=O) groups excluding carboxylic acids is 2. The van der Waals surface area contributed by atoms with Crippen LogP contribution in [0.1, 0.15) is 6.92 Å². The highest BCUT2D eigenvalue weighted by Gasteiger charge is 2.05. The zero-order chi connectivity index (χ0) is 17.4. The van der Waals surface area contributed by atoms with Crippen molar-refractivity contribution < 1.29 is 9.59 Å². The van der Waals surface area contributed by atoms with Gasteiger partial charge in [-0.25, -0.2) is 9.59 Å². The highest BCUT2D eigenvalue weighted by Crippen LogP contribution is 2.14. The Labute approximate surface area is 139 Å². The molecule has 0 radical (unpaired) electrons. The first-order valence-electron chi connectivity index (χ1n) is 7.47. The van der Waals surface area contributed by atoms with E-state index in [-0.39, 0.29) is 12.1 Å². The number of amides is 4. The molecule has 4 N–H and O–H groups in total. The maximum atomic E-state index is 11.9. The fourth-order valence-corrected chi connectivity index (χ4v) is 1.87. The first kappa shape index (κ1) is 17.1. The van der Waals surface area contributed by atoms with Crippen LogP contribution in [0.2, 0.25) is 0 Å². The molecule has 126 valence electrons. The van der Waals surface area contributed by atoms with Gasteiger partial charge in [-0.15, -0.1) is 6.58 Å². The molecular formula is C16H20N6O2. The minimum atomic E-state index is -0.366. The van der Waals surface area contributed by atoms with E-state index in [4.69, 9.17) is 0 Å². The van der Waals surface area contributed by atoms with Crippen molar-refractivity contribution in [2.24, 2.45) is 0 Å². The second-order valence-electron chi connectivity index (χ2n) is 4.86. The molecule has 1 aromatic carbocycles. The van der Waals surface area contributed by atoms with Crippen molar-refractivity contribution in [3.63, 3.8) is 0 Å². The molecule has 0 saturated heterocycles. The quantitative estimate of drug-likeness (QED) is 0.613. The van der Waals surface area contributed by atoms with E-state index in [1.54, 1.807) is 47.4 Å². The standard InChI is InChI=1S/C16H20N6O2/c1-3-9-17-15(23)19-12-5-7-13(8-6-12)20-16(24)21-14-10-18-22(4-2)11-14/h3,5-8,10-11H,1,4,9H2,2H3,(H2,17,19,23)(H2,20,21,24). The predicted molar refractivity (Wildman–Crippen MR) is 94.2 cm³/mol. The van der Waals surface area contributed by atoms with Crippen molar-refractivity contribution in [1.82, 2.24) is 15.1 Å². The van der Waals surface area contributed by atoms with E-state index < -0.39 is 0 Å². The first-order chi connectivity index (χ1) is 11.6. The van der Waals surface area contributed by atoms with Crippen LogP contribution in [0.15, 0.2) is 49.3 Å².